The predicted octanol–water partition coefficient (Wildman–Crippen LogP) is 1.93. The number of nitrogens with one attached hydrogen (secondary N) is 4. The van der Waals surface area contributed by atoms with Crippen LogP contribution in [0.2, 0.25) is 5.02 Å². The smallest absolute Gasteiger partial charge is 0.326 e. The molecule has 0 fully saturated rings. The van der Waals surface area contributed by atoms with Crippen LogP contribution in [-0.4, -0.2) is 81.5 Å². The SMILES string of the molecule is CCOC(=O)[C@H](CCc1ccc(NC(=O)CC2Nc3cc(Cl)c(S(N)(=O)=O)cc3S(=O)(=O)N2)cc1)N[C@@H](C)C(=O)N1Cc2ccccc2CC1C(=O)O. The van der Waals surface area contributed by atoms with Crippen LogP contribution in [0, 0.1) is 0 Å². The summed E-state index contributed by atoms with van der Waals surface area (Å²) in [5.41, 5.74) is 2.94. The van der Waals surface area contributed by atoms with Gasteiger partial charge in [0.05, 0.1) is 35.9 Å². The molecule has 2 heterocycles. The number of carbonyl (C=O) groups is 4. The maximum absolute atomic E-state index is 13.6. The standard InChI is InChI=1S/C34H39ClN6O10S2/c1-3-51-34(46)25(37-19(2)32(43)41-18-22-7-5-4-6-21(22)14-27(41)33(44)45)13-10-20-8-11-23(12-9-20)38-31(42)17-30-39-26-15-24(35)28(52(36,47)48)16-29(26)53(49,50)40-30/h4-9,11-12,15-16,19,25,27,30,37,39-40H,3,10,13-14,17-18H2,1-2H3,(H,38,42)(H,44,45)(H2,36,47,48)/t19-,25-,27?,30?/m0/s1. The van der Waals surface area contributed by atoms with Crippen LogP contribution in [0.1, 0.15) is 43.4 Å². The maximum Gasteiger partial charge on any atom is 0.326 e. The van der Waals surface area contributed by atoms with Gasteiger partial charge in [-0.3, -0.25) is 19.7 Å². The summed E-state index contributed by atoms with van der Waals surface area (Å²) in [6.45, 7) is 3.50. The van der Waals surface area contributed by atoms with Gasteiger partial charge in [0.1, 0.15) is 21.9 Å². The van der Waals surface area contributed by atoms with Crippen LogP contribution >= 0.6 is 11.6 Å². The van der Waals surface area contributed by atoms with E-state index in [1.165, 1.54) is 4.90 Å². The molecular formula is C34H39ClN6O10S2. The van der Waals surface area contributed by atoms with E-state index in [4.69, 9.17) is 21.5 Å². The van der Waals surface area contributed by atoms with E-state index in [1.807, 2.05) is 24.3 Å². The van der Waals surface area contributed by atoms with Crippen LogP contribution in [0.5, 0.6) is 0 Å². The number of fused-ring (bicyclic) bond motifs is 2. The molecule has 0 radical (unpaired) electrons. The number of benzene rings is 3. The number of hydrogen-bond acceptors (Lipinski definition) is 11. The van der Waals surface area contributed by atoms with Crippen molar-refractivity contribution in [1.82, 2.24) is 14.9 Å². The molecule has 2 aliphatic rings. The minimum atomic E-state index is -4.30. The number of anilines is 2. The molecule has 0 bridgehead atoms. The number of aliphatic carboxylic acids is 1. The minimum absolute atomic E-state index is 0.000555. The third kappa shape index (κ3) is 9.51. The number of hydrogen-bond donors (Lipinski definition) is 6. The first kappa shape index (κ1) is 39.6. The molecular weight excluding hydrogens is 752 g/mol. The van der Waals surface area contributed by atoms with E-state index in [9.17, 15) is 41.1 Å². The molecule has 2 unspecified atom stereocenters. The van der Waals surface area contributed by atoms with Gasteiger partial charge in [-0.1, -0.05) is 48.0 Å². The second kappa shape index (κ2) is 16.2. The summed E-state index contributed by atoms with van der Waals surface area (Å²) in [6.07, 6.45) is -0.622. The molecule has 19 heteroatoms. The number of nitrogens with two attached hydrogens (primary N) is 1. The Morgan fingerprint density at radius 2 is 1.77 bits per heavy atom. The van der Waals surface area contributed by atoms with Gasteiger partial charge < -0.3 is 25.4 Å². The van der Waals surface area contributed by atoms with E-state index in [1.54, 1.807) is 38.1 Å². The molecule has 0 spiro atoms. The fourth-order valence-corrected chi connectivity index (χ4v) is 8.72. The van der Waals surface area contributed by atoms with Gasteiger partial charge >= 0.3 is 11.9 Å². The second-order valence-electron chi connectivity index (χ2n) is 12.6. The summed E-state index contributed by atoms with van der Waals surface area (Å²) in [6, 6.07) is 13.2. The Balaban J connectivity index is 1.18. The molecule has 2 aliphatic heterocycles. The molecule has 7 N–H and O–H groups in total. The Morgan fingerprint density at radius 3 is 2.42 bits per heavy atom. The summed E-state index contributed by atoms with van der Waals surface area (Å²) in [5, 5.41) is 23.3. The zero-order chi connectivity index (χ0) is 38.7. The summed E-state index contributed by atoms with van der Waals surface area (Å²) in [7, 11) is -8.52. The fraction of sp³-hybridized carbons (Fsp3) is 0.353. The molecule has 0 aromatic heterocycles. The average molecular weight is 791 g/mol. The van der Waals surface area contributed by atoms with Gasteiger partial charge in [0.15, 0.2) is 0 Å². The first-order valence-electron chi connectivity index (χ1n) is 16.5. The molecule has 3 aromatic rings. The number of rotatable bonds is 13. The Hall–Kier alpha value is -4.59. The van der Waals surface area contributed by atoms with E-state index in [2.05, 4.69) is 20.7 Å². The molecule has 0 saturated carbocycles. The van der Waals surface area contributed by atoms with E-state index >= 15 is 0 Å². The highest BCUT2D eigenvalue weighted by Gasteiger charge is 2.37. The molecule has 5 rings (SSSR count). The van der Waals surface area contributed by atoms with Gasteiger partial charge in [-0.15, -0.1) is 0 Å². The number of aryl methyl sites for hydroxylation is 1. The van der Waals surface area contributed by atoms with Crippen molar-refractivity contribution in [3.63, 3.8) is 0 Å². The fourth-order valence-electron chi connectivity index (χ4n) is 6.22. The quantitative estimate of drug-likeness (QED) is 0.136. The van der Waals surface area contributed by atoms with Gasteiger partial charge in [-0.05, 0) is 67.6 Å². The van der Waals surface area contributed by atoms with Crippen molar-refractivity contribution in [2.24, 2.45) is 5.14 Å². The third-order valence-corrected chi connectivity index (χ3v) is 11.7. The monoisotopic (exact) mass is 790 g/mol. The lowest BCUT2D eigenvalue weighted by molar-refractivity contribution is -0.153. The molecule has 284 valence electrons. The Labute approximate surface area is 311 Å². The number of nitrogens with zero attached hydrogens (tertiary/aromatic N) is 1. The van der Waals surface area contributed by atoms with Gasteiger partial charge in [-0.25, -0.2) is 26.8 Å². The van der Waals surface area contributed by atoms with Gasteiger partial charge in [-0.2, -0.15) is 4.72 Å². The predicted molar refractivity (Wildman–Crippen MR) is 194 cm³/mol. The third-order valence-electron chi connectivity index (χ3n) is 8.82. The van der Waals surface area contributed by atoms with E-state index in [0.717, 1.165) is 28.8 Å². The summed E-state index contributed by atoms with van der Waals surface area (Å²) >= 11 is 6.02. The van der Waals surface area contributed by atoms with Crippen molar-refractivity contribution in [1.29, 1.82) is 0 Å². The molecule has 2 amide bonds. The number of esters is 1. The Bertz CT molecular complexity index is 2130. The first-order valence-corrected chi connectivity index (χ1v) is 19.9. The largest absolute Gasteiger partial charge is 0.480 e. The number of carbonyl (C=O) groups excluding carboxylic acids is 3. The van der Waals surface area contributed by atoms with Crippen LogP contribution in [0.25, 0.3) is 0 Å². The zero-order valence-corrected chi connectivity index (χ0v) is 31.1. The lowest BCUT2D eigenvalue weighted by Gasteiger charge is -2.36. The van der Waals surface area contributed by atoms with Crippen molar-refractivity contribution in [3.8, 4) is 0 Å². The lowest BCUT2D eigenvalue weighted by atomic mass is 9.93. The van der Waals surface area contributed by atoms with Crippen LogP contribution in [0.4, 0.5) is 11.4 Å². The first-order chi connectivity index (χ1) is 25.0. The second-order valence-corrected chi connectivity index (χ2v) is 16.2. The van der Waals surface area contributed by atoms with Crippen LogP contribution < -0.4 is 25.8 Å². The highest BCUT2D eigenvalue weighted by molar-refractivity contribution is 7.90. The molecule has 0 aliphatic carbocycles. The minimum Gasteiger partial charge on any atom is -0.480 e. The van der Waals surface area contributed by atoms with Crippen LogP contribution in [-0.2, 0) is 63.3 Å². The zero-order valence-electron chi connectivity index (χ0n) is 28.7. The molecule has 53 heavy (non-hydrogen) atoms. The Kier molecular flexibility index (Phi) is 12.1. The molecule has 4 atom stereocenters. The number of sulfonamides is 2. The van der Waals surface area contributed by atoms with Gasteiger partial charge in [0.25, 0.3) is 0 Å². The molecule has 16 nitrogen and oxygen atoms in total. The van der Waals surface area contributed by atoms with Crippen molar-refractivity contribution >= 4 is 66.8 Å². The number of ether oxygens (including phenoxy) is 1. The normalized spacial score (nSPS) is 18.8. The van der Waals surface area contributed by atoms with E-state index < -0.39 is 73.0 Å². The van der Waals surface area contributed by atoms with Crippen molar-refractivity contribution in [2.75, 3.05) is 17.2 Å². The van der Waals surface area contributed by atoms with Crippen molar-refractivity contribution in [2.45, 2.75) is 80.2 Å². The van der Waals surface area contributed by atoms with Gasteiger partial charge in [0.2, 0.25) is 31.9 Å². The maximum atomic E-state index is 13.6. The number of carboxylic acid groups (broad SMARTS) is 1. The molecule has 0 saturated heterocycles. The van der Waals surface area contributed by atoms with Crippen LogP contribution in [0.15, 0.2) is 70.5 Å². The number of halogens is 1. The topological polar surface area (TPSA) is 243 Å². The summed E-state index contributed by atoms with van der Waals surface area (Å²) in [5.74, 6) is -2.67. The highest BCUT2D eigenvalue weighted by atomic mass is 35.5. The summed E-state index contributed by atoms with van der Waals surface area (Å²) in [4.78, 5) is 51.8. The molecule has 3 aromatic carbocycles. The number of primary sulfonamides is 1. The highest BCUT2D eigenvalue weighted by Crippen LogP contribution is 2.34. The van der Waals surface area contributed by atoms with Crippen LogP contribution in [0.3, 0.4) is 0 Å². The number of amides is 2. The van der Waals surface area contributed by atoms with E-state index in [-0.39, 0.29) is 48.0 Å². The van der Waals surface area contributed by atoms with E-state index in [0.29, 0.717) is 12.1 Å². The van der Waals surface area contributed by atoms with Gasteiger partial charge in [0, 0.05) is 18.7 Å². The number of carboxylic acids is 1. The lowest BCUT2D eigenvalue weighted by Crippen LogP contribution is -2.56. The Morgan fingerprint density at radius 1 is 1.09 bits per heavy atom. The summed E-state index contributed by atoms with van der Waals surface area (Å²) < 4.78 is 56.8. The average Bonchev–Trinajstić information content (AvgIpc) is 3.08. The van der Waals surface area contributed by atoms with Crippen molar-refractivity contribution < 1.29 is 45.9 Å². The van der Waals surface area contributed by atoms with Crippen molar-refractivity contribution in [3.05, 3.63) is 82.4 Å².